The van der Waals surface area contributed by atoms with Crippen molar-refractivity contribution in [3.05, 3.63) is 40.9 Å². The van der Waals surface area contributed by atoms with Crippen molar-refractivity contribution in [3.8, 4) is 17.2 Å². The molecular weight excluding hydrogens is 458 g/mol. The average molecular weight is 486 g/mol. The van der Waals surface area contributed by atoms with Gasteiger partial charge < -0.3 is 29.7 Å². The lowest BCUT2D eigenvalue weighted by Gasteiger charge is -2.41. The number of benzene rings is 2. The van der Waals surface area contributed by atoms with E-state index < -0.39 is 0 Å². The second kappa shape index (κ2) is 9.25. The quantitative estimate of drug-likeness (QED) is 0.616. The van der Waals surface area contributed by atoms with Gasteiger partial charge in [0.05, 0.1) is 16.4 Å². The largest absolute Gasteiger partial charge is 0.482 e. The van der Waals surface area contributed by atoms with E-state index in [0.29, 0.717) is 52.0 Å². The molecule has 180 valence electrons. The van der Waals surface area contributed by atoms with E-state index in [2.05, 4.69) is 24.5 Å². The Kier molecular flexibility index (Phi) is 6.16. The van der Waals surface area contributed by atoms with Gasteiger partial charge in [-0.3, -0.25) is 4.79 Å². The zero-order valence-corrected chi connectivity index (χ0v) is 20.0. The third-order valence-corrected chi connectivity index (χ3v) is 7.37. The minimum atomic E-state index is -0.240. The van der Waals surface area contributed by atoms with Gasteiger partial charge in [0.1, 0.15) is 5.75 Å². The fraction of sp³-hybridized carbons (Fsp3) is 0.440. The number of nitrogens with zero attached hydrogens (tertiary/aromatic N) is 1. The average Bonchev–Trinajstić information content (AvgIpc) is 3.28. The highest BCUT2D eigenvalue weighted by molar-refractivity contribution is 6.34. The Morgan fingerprint density at radius 1 is 1.12 bits per heavy atom. The molecule has 0 spiro atoms. The fourth-order valence-corrected chi connectivity index (χ4v) is 5.16. The van der Waals surface area contributed by atoms with Crippen LogP contribution >= 0.6 is 11.6 Å². The van der Waals surface area contributed by atoms with Gasteiger partial charge in [-0.05, 0) is 42.0 Å². The molecule has 8 nitrogen and oxygen atoms in total. The van der Waals surface area contributed by atoms with Crippen molar-refractivity contribution in [2.45, 2.75) is 45.7 Å². The van der Waals surface area contributed by atoms with E-state index in [1.54, 1.807) is 12.1 Å². The number of urea groups is 1. The molecule has 3 amide bonds. The van der Waals surface area contributed by atoms with E-state index in [-0.39, 0.29) is 31.4 Å². The van der Waals surface area contributed by atoms with Gasteiger partial charge >= 0.3 is 6.03 Å². The van der Waals surface area contributed by atoms with Gasteiger partial charge in [0.2, 0.25) is 6.79 Å². The van der Waals surface area contributed by atoms with Gasteiger partial charge in [-0.15, -0.1) is 0 Å². The standard InChI is InChI=1S/C25H28ClN3O5/c1-14-4-3-5-20(15(14)2)29(11-16-6-7-21-23(8-16)34-13-33-21)25(31)28-18-10-22-19(9-17(18)26)27-24(30)12-32-22/h6-10,14-15,20H,3-5,11-13H2,1-2H3,(H,27,30)(H,28,31)/t14-,15-,20+/m1/s1. The second-order valence-corrected chi connectivity index (χ2v) is 9.65. The summed E-state index contributed by atoms with van der Waals surface area (Å²) in [5.41, 5.74) is 1.90. The van der Waals surface area contributed by atoms with Crippen LogP contribution in [0.4, 0.5) is 16.2 Å². The maximum absolute atomic E-state index is 13.7. The molecule has 1 fully saturated rings. The van der Waals surface area contributed by atoms with Gasteiger partial charge in [-0.1, -0.05) is 44.4 Å². The first-order chi connectivity index (χ1) is 16.4. The van der Waals surface area contributed by atoms with Gasteiger partial charge in [0.25, 0.3) is 5.91 Å². The smallest absolute Gasteiger partial charge is 0.322 e. The Balaban J connectivity index is 1.41. The van der Waals surface area contributed by atoms with Gasteiger partial charge in [0.15, 0.2) is 18.1 Å². The fourth-order valence-electron chi connectivity index (χ4n) is 4.95. The third-order valence-electron chi connectivity index (χ3n) is 7.06. The summed E-state index contributed by atoms with van der Waals surface area (Å²) in [5, 5.41) is 6.03. The van der Waals surface area contributed by atoms with Crippen molar-refractivity contribution >= 4 is 34.9 Å². The van der Waals surface area contributed by atoms with Crippen LogP contribution in [0.25, 0.3) is 0 Å². The summed E-state index contributed by atoms with van der Waals surface area (Å²) in [6.07, 6.45) is 3.18. The molecule has 5 rings (SSSR count). The Morgan fingerprint density at radius 3 is 2.79 bits per heavy atom. The van der Waals surface area contributed by atoms with Crippen LogP contribution in [0.5, 0.6) is 17.2 Å². The number of anilines is 2. The molecule has 0 unspecified atom stereocenters. The maximum atomic E-state index is 13.7. The number of hydrogen-bond acceptors (Lipinski definition) is 5. The van der Waals surface area contributed by atoms with Crippen molar-refractivity contribution in [3.63, 3.8) is 0 Å². The molecule has 0 saturated heterocycles. The Hall–Kier alpha value is -3.13. The molecule has 0 aromatic heterocycles. The molecule has 9 heteroatoms. The third kappa shape index (κ3) is 4.46. The first-order valence-electron chi connectivity index (χ1n) is 11.6. The summed E-state index contributed by atoms with van der Waals surface area (Å²) >= 11 is 6.45. The lowest BCUT2D eigenvalue weighted by atomic mass is 9.77. The molecular formula is C25H28ClN3O5. The highest BCUT2D eigenvalue weighted by Gasteiger charge is 2.35. The van der Waals surface area contributed by atoms with E-state index in [0.717, 1.165) is 24.8 Å². The van der Waals surface area contributed by atoms with Crippen LogP contribution in [0.1, 0.15) is 38.7 Å². The summed E-state index contributed by atoms with van der Waals surface area (Å²) in [5.74, 6) is 2.52. The molecule has 2 aromatic rings. The highest BCUT2D eigenvalue weighted by Crippen LogP contribution is 2.39. The molecule has 1 saturated carbocycles. The number of nitrogens with one attached hydrogen (secondary N) is 2. The van der Waals surface area contributed by atoms with Gasteiger partial charge in [-0.2, -0.15) is 0 Å². The number of carbonyl (C=O) groups is 2. The summed E-state index contributed by atoms with van der Waals surface area (Å²) < 4.78 is 16.5. The highest BCUT2D eigenvalue weighted by atomic mass is 35.5. The molecule has 2 N–H and O–H groups in total. The summed E-state index contributed by atoms with van der Waals surface area (Å²) in [6.45, 7) is 5.03. The number of ether oxygens (including phenoxy) is 3. The molecule has 1 aliphatic carbocycles. The SMILES string of the molecule is C[C@@H]1[C@H](C)CCC[C@@H]1N(Cc1ccc2c(c1)OCO2)C(=O)Nc1cc2c(cc1Cl)NC(=O)CO2. The number of amides is 3. The molecule has 3 atom stereocenters. The van der Waals surface area contributed by atoms with Gasteiger partial charge in [0, 0.05) is 18.7 Å². The number of fused-ring (bicyclic) bond motifs is 2. The zero-order valence-electron chi connectivity index (χ0n) is 19.2. The Bertz CT molecular complexity index is 1120. The first kappa shape index (κ1) is 22.7. The van der Waals surface area contributed by atoms with Crippen LogP contribution in [0.2, 0.25) is 5.02 Å². The van der Waals surface area contributed by atoms with Crippen molar-refractivity contribution in [2.75, 3.05) is 24.0 Å². The number of halogens is 1. The van der Waals surface area contributed by atoms with Crippen LogP contribution in [-0.4, -0.2) is 36.3 Å². The van der Waals surface area contributed by atoms with Crippen molar-refractivity contribution in [2.24, 2.45) is 11.8 Å². The van der Waals surface area contributed by atoms with E-state index in [1.807, 2.05) is 23.1 Å². The summed E-state index contributed by atoms with van der Waals surface area (Å²) in [6, 6.07) is 8.88. The van der Waals surface area contributed by atoms with Crippen molar-refractivity contribution < 1.29 is 23.8 Å². The maximum Gasteiger partial charge on any atom is 0.322 e. The second-order valence-electron chi connectivity index (χ2n) is 9.25. The minimum Gasteiger partial charge on any atom is -0.482 e. The van der Waals surface area contributed by atoms with E-state index in [1.165, 1.54) is 0 Å². The van der Waals surface area contributed by atoms with E-state index >= 15 is 0 Å². The van der Waals surface area contributed by atoms with E-state index in [4.69, 9.17) is 25.8 Å². The van der Waals surface area contributed by atoms with Crippen molar-refractivity contribution in [1.29, 1.82) is 0 Å². The molecule has 2 aliphatic heterocycles. The Labute approximate surface area is 203 Å². The van der Waals surface area contributed by atoms with Crippen LogP contribution in [0.15, 0.2) is 30.3 Å². The molecule has 0 radical (unpaired) electrons. The molecule has 34 heavy (non-hydrogen) atoms. The minimum absolute atomic E-state index is 0.0737. The number of hydrogen-bond donors (Lipinski definition) is 2. The summed E-state index contributed by atoms with van der Waals surface area (Å²) in [7, 11) is 0. The van der Waals surface area contributed by atoms with Crippen molar-refractivity contribution in [1.82, 2.24) is 4.90 Å². The van der Waals surface area contributed by atoms with Gasteiger partial charge in [-0.25, -0.2) is 4.79 Å². The molecule has 2 heterocycles. The number of carbonyl (C=O) groups excluding carboxylic acids is 2. The van der Waals surface area contributed by atoms with Crippen LogP contribution in [-0.2, 0) is 11.3 Å². The monoisotopic (exact) mass is 485 g/mol. The lowest BCUT2D eigenvalue weighted by molar-refractivity contribution is -0.118. The zero-order chi connectivity index (χ0) is 23.8. The topological polar surface area (TPSA) is 89.1 Å². The number of rotatable bonds is 4. The lowest BCUT2D eigenvalue weighted by Crippen LogP contribution is -2.48. The predicted octanol–water partition coefficient (Wildman–Crippen LogP) is 5.26. The first-order valence-corrected chi connectivity index (χ1v) is 12.0. The normalized spacial score (nSPS) is 22.9. The molecule has 2 aromatic carbocycles. The van der Waals surface area contributed by atoms with Crippen LogP contribution in [0, 0.1) is 11.8 Å². The predicted molar refractivity (Wildman–Crippen MR) is 129 cm³/mol. The molecule has 3 aliphatic rings. The Morgan fingerprint density at radius 2 is 1.94 bits per heavy atom. The van der Waals surface area contributed by atoms with E-state index in [9.17, 15) is 9.59 Å². The van der Waals surface area contributed by atoms with Crippen LogP contribution in [0.3, 0.4) is 0 Å². The summed E-state index contributed by atoms with van der Waals surface area (Å²) in [4.78, 5) is 27.2. The van der Waals surface area contributed by atoms with Crippen LogP contribution < -0.4 is 24.8 Å². The molecule has 0 bridgehead atoms.